The quantitative estimate of drug-likeness (QED) is 0.747. The summed E-state index contributed by atoms with van der Waals surface area (Å²) in [5, 5.41) is 9.18. The van der Waals surface area contributed by atoms with E-state index in [0.29, 0.717) is 12.3 Å². The predicted molar refractivity (Wildman–Crippen MR) is 62.1 cm³/mol. The molecule has 90 valence electrons. The van der Waals surface area contributed by atoms with Gasteiger partial charge < -0.3 is 10.1 Å². The largest absolute Gasteiger partial charge is 0.481 e. The molecule has 0 aliphatic rings. The molecule has 0 bridgehead atoms. The summed E-state index contributed by atoms with van der Waals surface area (Å²) in [5.41, 5.74) is 0.901. The predicted octanol–water partition coefficient (Wildman–Crippen LogP) is 2.48. The van der Waals surface area contributed by atoms with Gasteiger partial charge in [0.15, 0.2) is 0 Å². The minimum absolute atomic E-state index is 0.301. The zero-order valence-corrected chi connectivity index (χ0v) is 9.94. The maximum absolute atomic E-state index is 11.2. The van der Waals surface area contributed by atoms with Crippen LogP contribution in [0.2, 0.25) is 0 Å². The Morgan fingerprint density at radius 3 is 2.62 bits per heavy atom. The van der Waals surface area contributed by atoms with E-state index < -0.39 is 5.97 Å². The third-order valence-corrected chi connectivity index (χ3v) is 3.14. The number of imidazole rings is 1. The molecule has 4 heteroatoms. The molecule has 1 rings (SSSR count). The van der Waals surface area contributed by atoms with Gasteiger partial charge in [0.1, 0.15) is 0 Å². The molecule has 0 spiro atoms. The minimum atomic E-state index is -0.707. The summed E-state index contributed by atoms with van der Waals surface area (Å²) < 4.78 is 0. The summed E-state index contributed by atoms with van der Waals surface area (Å²) in [4.78, 5) is 18.0. The Bertz CT molecular complexity index is 305. The minimum Gasteiger partial charge on any atom is -0.481 e. The molecule has 1 unspecified atom stereocenters. The highest BCUT2D eigenvalue weighted by Crippen LogP contribution is 2.21. The molecule has 4 nitrogen and oxygen atoms in total. The average molecular weight is 224 g/mol. The molecule has 0 saturated carbocycles. The third-order valence-electron chi connectivity index (χ3n) is 3.14. The van der Waals surface area contributed by atoms with Crippen molar-refractivity contribution in [3.05, 3.63) is 18.2 Å². The molecule has 0 aromatic carbocycles. The number of H-pyrrole nitrogens is 1. The summed E-state index contributed by atoms with van der Waals surface area (Å²) in [6, 6.07) is 0. The van der Waals surface area contributed by atoms with Gasteiger partial charge in [-0.3, -0.25) is 4.79 Å². The molecule has 16 heavy (non-hydrogen) atoms. The van der Waals surface area contributed by atoms with Crippen molar-refractivity contribution in [2.45, 2.75) is 39.5 Å². The normalized spacial score (nSPS) is 12.9. The second-order valence-corrected chi connectivity index (χ2v) is 4.23. The van der Waals surface area contributed by atoms with Crippen LogP contribution >= 0.6 is 0 Å². The van der Waals surface area contributed by atoms with Crippen molar-refractivity contribution < 1.29 is 9.90 Å². The first-order valence-electron chi connectivity index (χ1n) is 5.87. The highest BCUT2D eigenvalue weighted by molar-refractivity contribution is 5.70. The maximum atomic E-state index is 11.2. The average Bonchev–Trinajstić information content (AvgIpc) is 2.76. The van der Waals surface area contributed by atoms with Gasteiger partial charge in [-0.2, -0.15) is 0 Å². The Balaban J connectivity index is 2.57. The number of hydrogen-bond acceptors (Lipinski definition) is 2. The summed E-state index contributed by atoms with van der Waals surface area (Å²) in [5.74, 6) is -0.504. The van der Waals surface area contributed by atoms with Crippen LogP contribution in [0.5, 0.6) is 0 Å². The standard InChI is InChI=1S/C12H20N2O2/c1-3-9(4-2)5-10(12(15)16)6-11-7-13-8-14-11/h7-10H,3-6H2,1-2H3,(H,13,14)(H,15,16). The van der Waals surface area contributed by atoms with Gasteiger partial charge in [-0.15, -0.1) is 0 Å². The fraction of sp³-hybridized carbons (Fsp3) is 0.667. The van der Waals surface area contributed by atoms with E-state index in [4.69, 9.17) is 0 Å². The Kier molecular flexibility index (Phi) is 5.02. The van der Waals surface area contributed by atoms with E-state index >= 15 is 0 Å². The smallest absolute Gasteiger partial charge is 0.306 e. The monoisotopic (exact) mass is 224 g/mol. The third kappa shape index (κ3) is 3.68. The number of nitrogens with zero attached hydrogens (tertiary/aromatic N) is 1. The van der Waals surface area contributed by atoms with Crippen LogP contribution in [0.4, 0.5) is 0 Å². The van der Waals surface area contributed by atoms with E-state index in [-0.39, 0.29) is 5.92 Å². The van der Waals surface area contributed by atoms with Crippen LogP contribution in [0.25, 0.3) is 0 Å². The van der Waals surface area contributed by atoms with Gasteiger partial charge in [0.05, 0.1) is 12.2 Å². The Morgan fingerprint density at radius 2 is 2.19 bits per heavy atom. The number of aliphatic carboxylic acids is 1. The SMILES string of the molecule is CCC(CC)CC(Cc1cnc[nH]1)C(=O)O. The first kappa shape index (κ1) is 12.7. The molecule has 1 atom stereocenters. The molecule has 0 amide bonds. The van der Waals surface area contributed by atoms with Crippen LogP contribution in [0, 0.1) is 11.8 Å². The van der Waals surface area contributed by atoms with E-state index in [1.54, 1.807) is 12.5 Å². The number of hydrogen-bond donors (Lipinski definition) is 2. The number of carboxylic acid groups (broad SMARTS) is 1. The molecule has 1 aromatic rings. The molecule has 0 radical (unpaired) electrons. The van der Waals surface area contributed by atoms with Crippen molar-refractivity contribution in [3.63, 3.8) is 0 Å². The van der Waals surface area contributed by atoms with E-state index in [0.717, 1.165) is 25.0 Å². The zero-order valence-electron chi connectivity index (χ0n) is 9.94. The lowest BCUT2D eigenvalue weighted by molar-refractivity contribution is -0.142. The molecule has 0 aliphatic heterocycles. The lowest BCUT2D eigenvalue weighted by Crippen LogP contribution is -2.20. The van der Waals surface area contributed by atoms with Gasteiger partial charge in [0.2, 0.25) is 0 Å². The van der Waals surface area contributed by atoms with E-state index in [9.17, 15) is 9.90 Å². The molecular weight excluding hydrogens is 204 g/mol. The number of carbonyl (C=O) groups is 1. The molecule has 0 fully saturated rings. The zero-order chi connectivity index (χ0) is 12.0. The number of rotatable bonds is 7. The van der Waals surface area contributed by atoms with Crippen LogP contribution in [-0.4, -0.2) is 21.0 Å². The summed E-state index contributed by atoms with van der Waals surface area (Å²) in [6.45, 7) is 4.23. The van der Waals surface area contributed by atoms with Crippen LogP contribution < -0.4 is 0 Å². The van der Waals surface area contributed by atoms with Gasteiger partial charge in [-0.1, -0.05) is 26.7 Å². The van der Waals surface area contributed by atoms with Crippen molar-refractivity contribution in [1.82, 2.24) is 9.97 Å². The van der Waals surface area contributed by atoms with Crippen molar-refractivity contribution in [2.24, 2.45) is 11.8 Å². The van der Waals surface area contributed by atoms with Crippen molar-refractivity contribution in [1.29, 1.82) is 0 Å². The van der Waals surface area contributed by atoms with Crippen LogP contribution in [0.1, 0.15) is 38.8 Å². The summed E-state index contributed by atoms with van der Waals surface area (Å²) in [6.07, 6.45) is 6.67. The summed E-state index contributed by atoms with van der Waals surface area (Å²) >= 11 is 0. The van der Waals surface area contributed by atoms with Crippen molar-refractivity contribution in [2.75, 3.05) is 0 Å². The van der Waals surface area contributed by atoms with Crippen LogP contribution in [0.3, 0.4) is 0 Å². The van der Waals surface area contributed by atoms with Gasteiger partial charge in [0.25, 0.3) is 0 Å². The van der Waals surface area contributed by atoms with Crippen molar-refractivity contribution in [3.8, 4) is 0 Å². The van der Waals surface area contributed by atoms with Crippen molar-refractivity contribution >= 4 is 5.97 Å². The fourth-order valence-electron chi connectivity index (χ4n) is 1.96. The highest BCUT2D eigenvalue weighted by atomic mass is 16.4. The number of nitrogens with one attached hydrogen (secondary N) is 1. The van der Waals surface area contributed by atoms with E-state index in [1.807, 2.05) is 0 Å². The molecule has 1 aromatic heterocycles. The first-order chi connectivity index (χ1) is 7.67. The molecule has 0 saturated heterocycles. The topological polar surface area (TPSA) is 66.0 Å². The number of aromatic amines is 1. The lowest BCUT2D eigenvalue weighted by atomic mass is 9.88. The van der Waals surface area contributed by atoms with E-state index in [1.165, 1.54) is 0 Å². The lowest BCUT2D eigenvalue weighted by Gasteiger charge is -2.17. The molecule has 1 heterocycles. The second kappa shape index (κ2) is 6.30. The van der Waals surface area contributed by atoms with Gasteiger partial charge in [0, 0.05) is 18.3 Å². The summed E-state index contributed by atoms with van der Waals surface area (Å²) in [7, 11) is 0. The van der Waals surface area contributed by atoms with Gasteiger partial charge in [-0.25, -0.2) is 4.98 Å². The number of carboxylic acids is 1. The maximum Gasteiger partial charge on any atom is 0.306 e. The first-order valence-corrected chi connectivity index (χ1v) is 5.87. The Labute approximate surface area is 96.1 Å². The van der Waals surface area contributed by atoms with Gasteiger partial charge >= 0.3 is 5.97 Å². The molecule has 2 N–H and O–H groups in total. The van der Waals surface area contributed by atoms with E-state index in [2.05, 4.69) is 23.8 Å². The molecular formula is C12H20N2O2. The highest BCUT2D eigenvalue weighted by Gasteiger charge is 2.21. The number of aromatic nitrogens is 2. The Hall–Kier alpha value is -1.32. The van der Waals surface area contributed by atoms with Gasteiger partial charge in [-0.05, 0) is 12.3 Å². The second-order valence-electron chi connectivity index (χ2n) is 4.23. The Morgan fingerprint density at radius 1 is 1.50 bits per heavy atom. The molecule has 0 aliphatic carbocycles. The fourth-order valence-corrected chi connectivity index (χ4v) is 1.96. The van der Waals surface area contributed by atoms with Crippen LogP contribution in [0.15, 0.2) is 12.5 Å². The van der Waals surface area contributed by atoms with Crippen LogP contribution in [-0.2, 0) is 11.2 Å².